The van der Waals surface area contributed by atoms with E-state index >= 15 is 0 Å². The van der Waals surface area contributed by atoms with Crippen LogP contribution in [0.25, 0.3) is 0 Å². The van der Waals surface area contributed by atoms with Gasteiger partial charge in [0.25, 0.3) is 0 Å². The Balaban J connectivity index is 2.48. The molecule has 0 radical (unpaired) electrons. The number of hydrogen-bond donors (Lipinski definition) is 2. The van der Waals surface area contributed by atoms with E-state index in [0.29, 0.717) is 18.9 Å². The van der Waals surface area contributed by atoms with Crippen LogP contribution < -0.4 is 11.1 Å². The Labute approximate surface area is 102 Å². The van der Waals surface area contributed by atoms with E-state index in [2.05, 4.69) is 10.5 Å². The third-order valence-electron chi connectivity index (χ3n) is 2.68. The maximum atomic E-state index is 11.7. The van der Waals surface area contributed by atoms with Gasteiger partial charge in [-0.3, -0.25) is 4.79 Å². The normalized spacial score (nSPS) is 12.8. The van der Waals surface area contributed by atoms with Gasteiger partial charge in [0, 0.05) is 12.1 Å². The molecule has 0 fully saturated rings. The Kier molecular flexibility index (Phi) is 4.69. The second-order valence-electron chi connectivity index (χ2n) is 4.76. The van der Waals surface area contributed by atoms with Crippen LogP contribution in [0.2, 0.25) is 0 Å². The fourth-order valence-electron chi connectivity index (χ4n) is 1.68. The van der Waals surface area contributed by atoms with Gasteiger partial charge in [0.2, 0.25) is 5.91 Å². The summed E-state index contributed by atoms with van der Waals surface area (Å²) >= 11 is 0. The maximum Gasteiger partial charge on any atom is 0.237 e. The molecule has 0 aromatic carbocycles. The number of amides is 1. The van der Waals surface area contributed by atoms with Gasteiger partial charge in [-0.15, -0.1) is 0 Å². The van der Waals surface area contributed by atoms with Crippen molar-refractivity contribution in [2.24, 2.45) is 11.7 Å². The van der Waals surface area contributed by atoms with Crippen LogP contribution in [-0.2, 0) is 11.3 Å². The zero-order valence-corrected chi connectivity index (χ0v) is 10.9. The minimum atomic E-state index is -0.449. The second-order valence-corrected chi connectivity index (χ2v) is 4.76. The summed E-state index contributed by atoms with van der Waals surface area (Å²) in [7, 11) is 0. The number of hydrogen-bond acceptors (Lipinski definition) is 4. The summed E-state index contributed by atoms with van der Waals surface area (Å²) in [6, 6.07) is -0.449. The molecule has 1 heterocycles. The number of aryl methyl sites for hydroxylation is 2. The van der Waals surface area contributed by atoms with E-state index in [1.165, 1.54) is 0 Å². The van der Waals surface area contributed by atoms with Crippen molar-refractivity contribution in [3.05, 3.63) is 17.0 Å². The minimum absolute atomic E-state index is 0.126. The molecule has 1 amide bonds. The lowest BCUT2D eigenvalue weighted by Crippen LogP contribution is -2.41. The summed E-state index contributed by atoms with van der Waals surface area (Å²) in [6.45, 7) is 8.19. The molecule has 17 heavy (non-hydrogen) atoms. The van der Waals surface area contributed by atoms with E-state index in [9.17, 15) is 4.79 Å². The van der Waals surface area contributed by atoms with Crippen LogP contribution >= 0.6 is 0 Å². The van der Waals surface area contributed by atoms with Crippen molar-refractivity contribution in [1.29, 1.82) is 0 Å². The number of carbonyl (C=O) groups excluding carboxylic acids is 1. The zero-order valence-electron chi connectivity index (χ0n) is 10.9. The molecule has 1 aromatic heterocycles. The van der Waals surface area contributed by atoms with Gasteiger partial charge in [-0.05, 0) is 26.2 Å². The Bertz CT molecular complexity index is 366. The van der Waals surface area contributed by atoms with Gasteiger partial charge in [0.15, 0.2) is 0 Å². The molecule has 1 rings (SSSR count). The van der Waals surface area contributed by atoms with E-state index in [0.717, 1.165) is 17.0 Å². The Morgan fingerprint density at radius 2 is 2.12 bits per heavy atom. The highest BCUT2D eigenvalue weighted by atomic mass is 16.5. The molecule has 1 aromatic rings. The Morgan fingerprint density at radius 1 is 1.47 bits per heavy atom. The molecule has 0 aliphatic heterocycles. The van der Waals surface area contributed by atoms with Crippen LogP contribution in [0.1, 0.15) is 37.3 Å². The van der Waals surface area contributed by atoms with Gasteiger partial charge >= 0.3 is 0 Å². The third-order valence-corrected chi connectivity index (χ3v) is 2.68. The number of aromatic nitrogens is 1. The highest BCUT2D eigenvalue weighted by Crippen LogP contribution is 2.11. The summed E-state index contributed by atoms with van der Waals surface area (Å²) in [5, 5.41) is 6.64. The topological polar surface area (TPSA) is 81.2 Å². The summed E-state index contributed by atoms with van der Waals surface area (Å²) in [4.78, 5) is 11.7. The van der Waals surface area contributed by atoms with Crippen LogP contribution in [0, 0.1) is 19.8 Å². The molecule has 0 aliphatic rings. The predicted octanol–water partition coefficient (Wildman–Crippen LogP) is 1.28. The van der Waals surface area contributed by atoms with Crippen LogP contribution in [0.4, 0.5) is 0 Å². The summed E-state index contributed by atoms with van der Waals surface area (Å²) in [5.41, 5.74) is 7.51. The van der Waals surface area contributed by atoms with Gasteiger partial charge in [0.05, 0.1) is 11.7 Å². The van der Waals surface area contributed by atoms with Crippen molar-refractivity contribution >= 4 is 5.91 Å². The van der Waals surface area contributed by atoms with Crippen LogP contribution in [0.5, 0.6) is 0 Å². The average molecular weight is 239 g/mol. The number of nitrogens with one attached hydrogen (secondary N) is 1. The molecular formula is C12H21N3O2. The quantitative estimate of drug-likeness (QED) is 0.811. The monoisotopic (exact) mass is 239 g/mol. The molecule has 1 unspecified atom stereocenters. The molecule has 96 valence electrons. The lowest BCUT2D eigenvalue weighted by atomic mass is 10.0. The zero-order chi connectivity index (χ0) is 13.0. The Morgan fingerprint density at radius 3 is 2.59 bits per heavy atom. The Hall–Kier alpha value is -1.36. The van der Waals surface area contributed by atoms with Crippen molar-refractivity contribution in [3.63, 3.8) is 0 Å². The molecule has 0 aliphatic carbocycles. The van der Waals surface area contributed by atoms with Crippen molar-refractivity contribution in [2.75, 3.05) is 0 Å². The van der Waals surface area contributed by atoms with Crippen molar-refractivity contribution in [1.82, 2.24) is 10.5 Å². The lowest BCUT2D eigenvalue weighted by Gasteiger charge is -2.13. The molecule has 0 spiro atoms. The van der Waals surface area contributed by atoms with Gasteiger partial charge in [-0.1, -0.05) is 19.0 Å². The first-order valence-electron chi connectivity index (χ1n) is 5.86. The fraction of sp³-hybridized carbons (Fsp3) is 0.667. The molecule has 0 bridgehead atoms. The van der Waals surface area contributed by atoms with E-state index in [1.54, 1.807) is 0 Å². The summed E-state index contributed by atoms with van der Waals surface area (Å²) < 4.78 is 5.02. The van der Waals surface area contributed by atoms with Crippen LogP contribution in [-0.4, -0.2) is 17.1 Å². The lowest BCUT2D eigenvalue weighted by molar-refractivity contribution is -0.122. The first-order chi connectivity index (χ1) is 7.91. The SMILES string of the molecule is Cc1noc(C)c1CNC(=O)C(N)CC(C)C. The van der Waals surface area contributed by atoms with Gasteiger partial charge in [-0.2, -0.15) is 0 Å². The van der Waals surface area contributed by atoms with E-state index in [1.807, 2.05) is 27.7 Å². The number of rotatable bonds is 5. The minimum Gasteiger partial charge on any atom is -0.361 e. The largest absolute Gasteiger partial charge is 0.361 e. The summed E-state index contributed by atoms with van der Waals surface area (Å²) in [5.74, 6) is 1.02. The molecule has 0 saturated heterocycles. The second kappa shape index (κ2) is 5.82. The third kappa shape index (κ3) is 3.85. The summed E-state index contributed by atoms with van der Waals surface area (Å²) in [6.07, 6.45) is 0.688. The fourth-order valence-corrected chi connectivity index (χ4v) is 1.68. The van der Waals surface area contributed by atoms with Crippen molar-refractivity contribution < 1.29 is 9.32 Å². The molecule has 5 nitrogen and oxygen atoms in total. The van der Waals surface area contributed by atoms with Crippen molar-refractivity contribution in [2.45, 2.75) is 46.7 Å². The average Bonchev–Trinajstić information content (AvgIpc) is 2.54. The maximum absolute atomic E-state index is 11.7. The molecule has 3 N–H and O–H groups in total. The van der Waals surface area contributed by atoms with Crippen LogP contribution in [0.3, 0.4) is 0 Å². The van der Waals surface area contributed by atoms with E-state index in [-0.39, 0.29) is 5.91 Å². The van der Waals surface area contributed by atoms with Crippen molar-refractivity contribution in [3.8, 4) is 0 Å². The number of carbonyl (C=O) groups is 1. The van der Waals surface area contributed by atoms with E-state index < -0.39 is 6.04 Å². The number of nitrogens with zero attached hydrogens (tertiary/aromatic N) is 1. The van der Waals surface area contributed by atoms with E-state index in [4.69, 9.17) is 10.3 Å². The molecular weight excluding hydrogens is 218 g/mol. The predicted molar refractivity (Wildman–Crippen MR) is 65.3 cm³/mol. The standard InChI is InChI=1S/C12H21N3O2/c1-7(2)5-11(13)12(16)14-6-10-8(3)15-17-9(10)4/h7,11H,5-6,13H2,1-4H3,(H,14,16). The first-order valence-corrected chi connectivity index (χ1v) is 5.86. The van der Waals surface area contributed by atoms with Gasteiger partial charge in [-0.25, -0.2) is 0 Å². The highest BCUT2D eigenvalue weighted by molar-refractivity contribution is 5.81. The van der Waals surface area contributed by atoms with Gasteiger partial charge < -0.3 is 15.6 Å². The van der Waals surface area contributed by atoms with Gasteiger partial charge in [0.1, 0.15) is 5.76 Å². The molecule has 1 atom stereocenters. The smallest absolute Gasteiger partial charge is 0.237 e. The number of nitrogens with two attached hydrogens (primary N) is 1. The molecule has 5 heteroatoms. The first kappa shape index (κ1) is 13.7. The van der Waals surface area contributed by atoms with Crippen LogP contribution in [0.15, 0.2) is 4.52 Å². The molecule has 0 saturated carbocycles. The highest BCUT2D eigenvalue weighted by Gasteiger charge is 2.16.